The molecule has 114 valence electrons. The molecule has 1 aliphatic rings. The Morgan fingerprint density at radius 3 is 2.76 bits per heavy atom. The predicted molar refractivity (Wildman–Crippen MR) is 76.4 cm³/mol. The lowest BCUT2D eigenvalue weighted by molar-refractivity contribution is -0.139. The average molecular weight is 311 g/mol. The molecule has 21 heavy (non-hydrogen) atoms. The first-order valence-corrected chi connectivity index (χ1v) is 7.56. The van der Waals surface area contributed by atoms with Gasteiger partial charge in [-0.05, 0) is 17.9 Å². The second-order valence-corrected chi connectivity index (χ2v) is 6.05. The number of amides is 1. The molecule has 1 fully saturated rings. The highest BCUT2D eigenvalue weighted by molar-refractivity contribution is 7.12. The van der Waals surface area contributed by atoms with Crippen molar-refractivity contribution in [3.05, 3.63) is 22.4 Å². The van der Waals surface area contributed by atoms with Crippen molar-refractivity contribution in [2.75, 3.05) is 13.2 Å². The largest absolute Gasteiger partial charge is 0.481 e. The molecule has 1 saturated heterocycles. The number of carboxylic acids is 1. The van der Waals surface area contributed by atoms with Crippen LogP contribution < -0.4 is 5.32 Å². The number of thiophene rings is 1. The molecule has 0 spiro atoms. The Hall–Kier alpha value is -1.73. The van der Waals surface area contributed by atoms with Crippen LogP contribution in [0.25, 0.3) is 0 Å². The van der Waals surface area contributed by atoms with Crippen LogP contribution in [0, 0.1) is 0 Å². The zero-order valence-corrected chi connectivity index (χ0v) is 12.3. The van der Waals surface area contributed by atoms with Crippen molar-refractivity contribution in [2.45, 2.75) is 31.2 Å². The Morgan fingerprint density at radius 2 is 2.19 bits per heavy atom. The first kappa shape index (κ1) is 15.7. The number of carbonyl (C=O) groups excluding carboxylic acids is 2. The van der Waals surface area contributed by atoms with E-state index in [4.69, 9.17) is 9.84 Å². The summed E-state index contributed by atoms with van der Waals surface area (Å²) in [4.78, 5) is 35.3. The number of ketones is 1. The highest BCUT2D eigenvalue weighted by Gasteiger charge is 2.38. The molecular formula is C14H17NO5S. The predicted octanol–water partition coefficient (Wildman–Crippen LogP) is 1.46. The first-order valence-electron chi connectivity index (χ1n) is 6.68. The zero-order valence-electron chi connectivity index (χ0n) is 11.5. The molecular weight excluding hydrogens is 294 g/mol. The fourth-order valence-corrected chi connectivity index (χ4v) is 3.02. The molecule has 0 aliphatic carbocycles. The van der Waals surface area contributed by atoms with E-state index in [0.717, 1.165) is 0 Å². The minimum atomic E-state index is -0.976. The molecule has 1 amide bonds. The van der Waals surface area contributed by atoms with Crippen LogP contribution >= 0.6 is 11.3 Å². The minimum Gasteiger partial charge on any atom is -0.481 e. The van der Waals surface area contributed by atoms with Gasteiger partial charge in [0, 0.05) is 19.4 Å². The highest BCUT2D eigenvalue weighted by Crippen LogP contribution is 2.23. The first-order chi connectivity index (χ1) is 10.0. The second-order valence-electron chi connectivity index (χ2n) is 5.10. The summed E-state index contributed by atoms with van der Waals surface area (Å²) in [5, 5.41) is 13.5. The van der Waals surface area contributed by atoms with E-state index in [1.54, 1.807) is 12.1 Å². The van der Waals surface area contributed by atoms with E-state index in [1.165, 1.54) is 11.3 Å². The maximum absolute atomic E-state index is 12.0. The van der Waals surface area contributed by atoms with Gasteiger partial charge >= 0.3 is 5.97 Å². The Bertz CT molecular complexity index is 519. The SMILES string of the molecule is O=C(O)CC1(NC(=O)CCC(=O)c2cccs2)CCOC1. The Kier molecular flexibility index (Phi) is 5.08. The molecule has 2 rings (SSSR count). The lowest BCUT2D eigenvalue weighted by Crippen LogP contribution is -2.50. The van der Waals surface area contributed by atoms with Crippen LogP contribution in [-0.4, -0.2) is 41.5 Å². The molecule has 0 saturated carbocycles. The summed E-state index contributed by atoms with van der Waals surface area (Å²) < 4.78 is 5.20. The molecule has 1 unspecified atom stereocenters. The van der Waals surface area contributed by atoms with Crippen LogP contribution in [0.1, 0.15) is 35.4 Å². The van der Waals surface area contributed by atoms with Crippen molar-refractivity contribution in [2.24, 2.45) is 0 Å². The summed E-state index contributed by atoms with van der Waals surface area (Å²) in [6.07, 6.45) is 0.482. The van der Waals surface area contributed by atoms with E-state index in [0.29, 0.717) is 17.9 Å². The van der Waals surface area contributed by atoms with Gasteiger partial charge in [0.25, 0.3) is 0 Å². The maximum Gasteiger partial charge on any atom is 0.305 e. The maximum atomic E-state index is 12.0. The number of rotatable bonds is 7. The monoisotopic (exact) mass is 311 g/mol. The van der Waals surface area contributed by atoms with E-state index in [2.05, 4.69) is 5.32 Å². The number of carboxylic acid groups (broad SMARTS) is 1. The van der Waals surface area contributed by atoms with Crippen LogP contribution in [0.4, 0.5) is 0 Å². The Labute approximate surface area is 126 Å². The smallest absolute Gasteiger partial charge is 0.305 e. The van der Waals surface area contributed by atoms with Crippen molar-refractivity contribution in [1.29, 1.82) is 0 Å². The van der Waals surface area contributed by atoms with Crippen molar-refractivity contribution in [3.8, 4) is 0 Å². The van der Waals surface area contributed by atoms with E-state index < -0.39 is 11.5 Å². The fourth-order valence-electron chi connectivity index (χ4n) is 2.32. The molecule has 0 aromatic carbocycles. The fraction of sp³-hybridized carbons (Fsp3) is 0.500. The zero-order chi connectivity index (χ0) is 15.3. The van der Waals surface area contributed by atoms with Crippen LogP contribution in [0.2, 0.25) is 0 Å². The van der Waals surface area contributed by atoms with E-state index >= 15 is 0 Å². The lowest BCUT2D eigenvalue weighted by atomic mass is 9.94. The lowest BCUT2D eigenvalue weighted by Gasteiger charge is -2.26. The van der Waals surface area contributed by atoms with Crippen molar-refractivity contribution < 1.29 is 24.2 Å². The van der Waals surface area contributed by atoms with Gasteiger partial charge < -0.3 is 15.2 Å². The van der Waals surface area contributed by atoms with Crippen molar-refractivity contribution in [3.63, 3.8) is 0 Å². The van der Waals surface area contributed by atoms with Gasteiger partial charge in [-0.15, -0.1) is 11.3 Å². The summed E-state index contributed by atoms with van der Waals surface area (Å²) in [7, 11) is 0. The van der Waals surface area contributed by atoms with E-state index in [9.17, 15) is 14.4 Å². The van der Waals surface area contributed by atoms with Crippen LogP contribution in [-0.2, 0) is 14.3 Å². The molecule has 2 N–H and O–H groups in total. The molecule has 0 bridgehead atoms. The minimum absolute atomic E-state index is 0.0537. The topological polar surface area (TPSA) is 92.7 Å². The van der Waals surface area contributed by atoms with Crippen molar-refractivity contribution in [1.82, 2.24) is 5.32 Å². The second kappa shape index (κ2) is 6.82. The standard InChI is InChI=1S/C14H17NO5S/c16-10(11-2-1-7-21-11)3-4-12(17)15-14(8-13(18)19)5-6-20-9-14/h1-2,7H,3-6,8-9H2,(H,15,17)(H,18,19). The quantitative estimate of drug-likeness (QED) is 0.744. The number of hydrogen-bond donors (Lipinski definition) is 2. The molecule has 7 heteroatoms. The molecule has 2 heterocycles. The van der Waals surface area contributed by atoms with Gasteiger partial charge in [-0.25, -0.2) is 0 Å². The molecule has 1 aromatic rings. The molecule has 0 radical (unpaired) electrons. The number of hydrogen-bond acceptors (Lipinski definition) is 5. The molecule has 1 aromatic heterocycles. The third-order valence-electron chi connectivity index (χ3n) is 3.37. The van der Waals surface area contributed by atoms with Crippen LogP contribution in [0.5, 0.6) is 0 Å². The average Bonchev–Trinajstić information content (AvgIpc) is 3.06. The number of aliphatic carboxylic acids is 1. The summed E-state index contributed by atoms with van der Waals surface area (Å²) in [5.74, 6) is -1.36. The van der Waals surface area contributed by atoms with E-state index in [-0.39, 0.29) is 37.6 Å². The number of ether oxygens (including phenoxy) is 1. The summed E-state index contributed by atoms with van der Waals surface area (Å²) in [6, 6.07) is 3.51. The normalized spacial score (nSPS) is 21.1. The third-order valence-corrected chi connectivity index (χ3v) is 4.28. The van der Waals surface area contributed by atoms with Gasteiger partial charge in [-0.1, -0.05) is 6.07 Å². The number of nitrogens with one attached hydrogen (secondary N) is 1. The van der Waals surface area contributed by atoms with Gasteiger partial charge in [0.05, 0.1) is 23.4 Å². The number of Topliss-reactive ketones (excluding diaryl/α,β-unsaturated/α-hetero) is 1. The van der Waals surface area contributed by atoms with Gasteiger partial charge in [0.1, 0.15) is 0 Å². The van der Waals surface area contributed by atoms with Crippen molar-refractivity contribution >= 4 is 29.0 Å². The number of carbonyl (C=O) groups is 3. The third kappa shape index (κ3) is 4.37. The Morgan fingerprint density at radius 1 is 1.38 bits per heavy atom. The summed E-state index contributed by atoms with van der Waals surface area (Å²) >= 11 is 1.34. The molecule has 1 atom stereocenters. The summed E-state index contributed by atoms with van der Waals surface area (Å²) in [5.41, 5.74) is -0.838. The molecule has 1 aliphatic heterocycles. The van der Waals surface area contributed by atoms with Gasteiger partial charge in [0.2, 0.25) is 5.91 Å². The van der Waals surface area contributed by atoms with Gasteiger partial charge in [0.15, 0.2) is 5.78 Å². The molecule has 6 nitrogen and oxygen atoms in total. The van der Waals surface area contributed by atoms with Crippen LogP contribution in [0.3, 0.4) is 0 Å². The Balaban J connectivity index is 1.85. The highest BCUT2D eigenvalue weighted by atomic mass is 32.1. The van der Waals surface area contributed by atoms with Gasteiger partial charge in [-0.2, -0.15) is 0 Å². The van der Waals surface area contributed by atoms with Crippen LogP contribution in [0.15, 0.2) is 17.5 Å². The van der Waals surface area contributed by atoms with Gasteiger partial charge in [-0.3, -0.25) is 14.4 Å². The summed E-state index contributed by atoms with van der Waals surface area (Å²) in [6.45, 7) is 0.631. The van der Waals surface area contributed by atoms with E-state index in [1.807, 2.05) is 5.38 Å².